The number of nitrogens with zero attached hydrogens (tertiary/aromatic N) is 4. The number of benzene rings is 2. The summed E-state index contributed by atoms with van der Waals surface area (Å²) in [7, 11) is 5.89. The zero-order valence-corrected chi connectivity index (χ0v) is 17.6. The van der Waals surface area contributed by atoms with Crippen molar-refractivity contribution >= 4 is 29.0 Å². The van der Waals surface area contributed by atoms with Crippen LogP contribution in [-0.4, -0.2) is 40.0 Å². The average Bonchev–Trinajstić information content (AvgIpc) is 3.02. The van der Waals surface area contributed by atoms with Crippen LogP contribution in [0.4, 0.5) is 11.4 Å². The molecule has 3 rings (SSSR count). The highest BCUT2D eigenvalue weighted by molar-refractivity contribution is 8.00. The van der Waals surface area contributed by atoms with Crippen LogP contribution in [0.15, 0.2) is 53.7 Å². The first-order valence-corrected chi connectivity index (χ1v) is 9.94. The van der Waals surface area contributed by atoms with Gasteiger partial charge in [-0.15, -0.1) is 10.2 Å². The summed E-state index contributed by atoms with van der Waals surface area (Å²) in [5.41, 5.74) is 4.05. The molecule has 146 valence electrons. The molecule has 1 unspecified atom stereocenters. The van der Waals surface area contributed by atoms with E-state index in [1.54, 1.807) is 0 Å². The molecular formula is C21H25N5OS. The Morgan fingerprint density at radius 3 is 2.50 bits per heavy atom. The number of rotatable bonds is 6. The summed E-state index contributed by atoms with van der Waals surface area (Å²) in [5, 5.41) is 11.9. The lowest BCUT2D eigenvalue weighted by Gasteiger charge is -2.14. The van der Waals surface area contributed by atoms with Crippen molar-refractivity contribution in [1.82, 2.24) is 14.8 Å². The smallest absolute Gasteiger partial charge is 0.237 e. The van der Waals surface area contributed by atoms with Crippen molar-refractivity contribution in [2.75, 3.05) is 24.3 Å². The van der Waals surface area contributed by atoms with Crippen LogP contribution in [0.3, 0.4) is 0 Å². The zero-order chi connectivity index (χ0) is 20.3. The Morgan fingerprint density at radius 2 is 1.86 bits per heavy atom. The van der Waals surface area contributed by atoms with Crippen LogP contribution in [0.25, 0.3) is 11.4 Å². The van der Waals surface area contributed by atoms with Crippen molar-refractivity contribution in [2.45, 2.75) is 24.3 Å². The molecule has 1 amide bonds. The number of hydrogen-bond donors (Lipinski definition) is 1. The number of carbonyl (C=O) groups is 1. The van der Waals surface area contributed by atoms with Crippen LogP contribution in [0.1, 0.15) is 12.5 Å². The van der Waals surface area contributed by atoms with Gasteiger partial charge in [0.1, 0.15) is 0 Å². The van der Waals surface area contributed by atoms with Gasteiger partial charge in [-0.25, -0.2) is 0 Å². The number of nitrogens with one attached hydrogen (secondary N) is 1. The highest BCUT2D eigenvalue weighted by Crippen LogP contribution is 2.27. The first kappa shape index (κ1) is 19.9. The molecule has 2 aromatic carbocycles. The van der Waals surface area contributed by atoms with Crippen LogP contribution in [-0.2, 0) is 11.8 Å². The fourth-order valence-corrected chi connectivity index (χ4v) is 3.57. The van der Waals surface area contributed by atoms with Gasteiger partial charge in [0.25, 0.3) is 0 Å². The average molecular weight is 396 g/mol. The Hall–Kier alpha value is -2.80. The van der Waals surface area contributed by atoms with Crippen molar-refractivity contribution in [1.29, 1.82) is 0 Å². The second-order valence-electron chi connectivity index (χ2n) is 6.93. The van der Waals surface area contributed by atoms with Crippen LogP contribution in [0, 0.1) is 6.92 Å². The molecular weight excluding hydrogens is 370 g/mol. The molecule has 0 aliphatic carbocycles. The predicted octanol–water partition coefficient (Wildman–Crippen LogP) is 3.98. The monoisotopic (exact) mass is 395 g/mol. The van der Waals surface area contributed by atoms with E-state index in [0.717, 1.165) is 22.8 Å². The van der Waals surface area contributed by atoms with E-state index in [1.807, 2.05) is 86.9 Å². The molecule has 0 saturated heterocycles. The van der Waals surface area contributed by atoms with E-state index >= 15 is 0 Å². The molecule has 1 heterocycles. The Labute approximate surface area is 170 Å². The van der Waals surface area contributed by atoms with Crippen molar-refractivity contribution < 1.29 is 4.79 Å². The maximum absolute atomic E-state index is 12.6. The van der Waals surface area contributed by atoms with Gasteiger partial charge in [-0.1, -0.05) is 35.5 Å². The van der Waals surface area contributed by atoms with E-state index in [0.29, 0.717) is 5.16 Å². The maximum Gasteiger partial charge on any atom is 0.237 e. The number of carbonyl (C=O) groups excluding carboxylic acids is 1. The topological polar surface area (TPSA) is 63.1 Å². The van der Waals surface area contributed by atoms with Gasteiger partial charge in [0, 0.05) is 38.1 Å². The molecule has 0 aliphatic heterocycles. The number of hydrogen-bond acceptors (Lipinski definition) is 5. The quantitative estimate of drug-likeness (QED) is 0.640. The molecule has 3 aromatic rings. The molecule has 0 saturated carbocycles. The molecule has 1 atom stereocenters. The lowest BCUT2D eigenvalue weighted by atomic mass is 10.1. The summed E-state index contributed by atoms with van der Waals surface area (Å²) in [4.78, 5) is 14.6. The summed E-state index contributed by atoms with van der Waals surface area (Å²) in [6.07, 6.45) is 0. The summed E-state index contributed by atoms with van der Waals surface area (Å²) < 4.78 is 1.93. The van der Waals surface area contributed by atoms with E-state index in [2.05, 4.69) is 21.6 Å². The van der Waals surface area contributed by atoms with Crippen molar-refractivity contribution in [3.63, 3.8) is 0 Å². The fraction of sp³-hybridized carbons (Fsp3) is 0.286. The van der Waals surface area contributed by atoms with E-state index in [-0.39, 0.29) is 11.2 Å². The number of thioether (sulfide) groups is 1. The molecule has 0 radical (unpaired) electrons. The normalized spacial score (nSPS) is 11.9. The molecule has 0 fully saturated rings. The minimum Gasteiger partial charge on any atom is -0.378 e. The predicted molar refractivity (Wildman–Crippen MR) is 116 cm³/mol. The van der Waals surface area contributed by atoms with E-state index in [4.69, 9.17) is 0 Å². The second kappa shape index (κ2) is 8.48. The van der Waals surface area contributed by atoms with Crippen molar-refractivity contribution in [2.24, 2.45) is 7.05 Å². The molecule has 7 heteroatoms. The van der Waals surface area contributed by atoms with Crippen LogP contribution < -0.4 is 10.2 Å². The summed E-state index contributed by atoms with van der Waals surface area (Å²) >= 11 is 1.39. The van der Waals surface area contributed by atoms with E-state index in [1.165, 1.54) is 17.3 Å². The number of aromatic nitrogens is 3. The Kier molecular flexibility index (Phi) is 6.04. The van der Waals surface area contributed by atoms with Gasteiger partial charge in [0.15, 0.2) is 11.0 Å². The van der Waals surface area contributed by atoms with E-state index in [9.17, 15) is 4.79 Å². The minimum absolute atomic E-state index is 0.0669. The number of anilines is 2. The number of aryl methyl sites for hydroxylation is 1. The largest absolute Gasteiger partial charge is 0.378 e. The van der Waals surface area contributed by atoms with Gasteiger partial charge in [-0.2, -0.15) is 0 Å². The summed E-state index contributed by atoms with van der Waals surface area (Å²) in [5.74, 6) is 0.723. The van der Waals surface area contributed by atoms with Crippen molar-refractivity contribution in [3.05, 3.63) is 54.1 Å². The summed E-state index contributed by atoms with van der Waals surface area (Å²) in [6, 6.07) is 15.9. The molecule has 28 heavy (non-hydrogen) atoms. The Balaban J connectivity index is 1.67. The minimum atomic E-state index is -0.304. The highest BCUT2D eigenvalue weighted by Gasteiger charge is 2.19. The summed E-state index contributed by atoms with van der Waals surface area (Å²) in [6.45, 7) is 3.92. The second-order valence-corrected chi connectivity index (χ2v) is 8.23. The van der Waals surface area contributed by atoms with E-state index < -0.39 is 0 Å². The Morgan fingerprint density at radius 1 is 1.14 bits per heavy atom. The molecule has 0 spiro atoms. The Bertz CT molecular complexity index is 965. The third-order valence-electron chi connectivity index (χ3n) is 4.41. The molecule has 0 aliphatic rings. The molecule has 1 N–H and O–H groups in total. The number of amides is 1. The lowest BCUT2D eigenvalue weighted by molar-refractivity contribution is -0.115. The van der Waals surface area contributed by atoms with Gasteiger partial charge in [-0.3, -0.25) is 4.79 Å². The third kappa shape index (κ3) is 4.54. The van der Waals surface area contributed by atoms with Crippen molar-refractivity contribution in [3.8, 4) is 11.4 Å². The van der Waals surface area contributed by atoms with Crippen LogP contribution in [0.5, 0.6) is 0 Å². The third-order valence-corrected chi connectivity index (χ3v) is 5.55. The SMILES string of the molecule is Cc1cccc(-c2nnc(SC(C)C(=O)Nc3ccc(N(C)C)cc3)n2C)c1. The first-order chi connectivity index (χ1) is 13.3. The van der Waals surface area contributed by atoms with Gasteiger partial charge in [-0.05, 0) is 44.2 Å². The van der Waals surface area contributed by atoms with Gasteiger partial charge in [0.05, 0.1) is 5.25 Å². The van der Waals surface area contributed by atoms with Gasteiger partial charge in [0.2, 0.25) is 5.91 Å². The lowest BCUT2D eigenvalue weighted by Crippen LogP contribution is -2.22. The zero-order valence-electron chi connectivity index (χ0n) is 16.8. The standard InChI is InChI=1S/C21H25N5OS/c1-14-7-6-8-16(13-14)19-23-24-21(26(19)5)28-15(2)20(27)22-17-9-11-18(12-10-17)25(3)4/h6-13,15H,1-5H3,(H,22,27). The maximum atomic E-state index is 12.6. The fourth-order valence-electron chi connectivity index (χ4n) is 2.75. The molecule has 1 aromatic heterocycles. The van der Waals surface area contributed by atoms with Gasteiger partial charge < -0.3 is 14.8 Å². The molecule has 0 bridgehead atoms. The van der Waals surface area contributed by atoms with Crippen LogP contribution in [0.2, 0.25) is 0 Å². The molecule has 6 nitrogen and oxygen atoms in total. The first-order valence-electron chi connectivity index (χ1n) is 9.06. The van der Waals surface area contributed by atoms with Crippen LogP contribution >= 0.6 is 11.8 Å². The highest BCUT2D eigenvalue weighted by atomic mass is 32.2. The van der Waals surface area contributed by atoms with Gasteiger partial charge >= 0.3 is 0 Å².